The number of rotatable bonds is 5. The summed E-state index contributed by atoms with van der Waals surface area (Å²) >= 11 is 0. The van der Waals surface area contributed by atoms with Crippen LogP contribution in [0.1, 0.15) is 17.4 Å². The maximum Gasteiger partial charge on any atom is 0.273 e. The summed E-state index contributed by atoms with van der Waals surface area (Å²) in [7, 11) is 0. The second-order valence-corrected chi connectivity index (χ2v) is 4.32. The van der Waals surface area contributed by atoms with Gasteiger partial charge in [0.2, 0.25) is 0 Å². The highest BCUT2D eigenvalue weighted by atomic mass is 16.5. The zero-order valence-corrected chi connectivity index (χ0v) is 10.5. The number of aromatic nitrogens is 2. The number of carbonyl (C=O) groups is 1. The van der Waals surface area contributed by atoms with Gasteiger partial charge in [0.1, 0.15) is 0 Å². The van der Waals surface area contributed by atoms with Crippen LogP contribution in [0.5, 0.6) is 0 Å². The van der Waals surface area contributed by atoms with Gasteiger partial charge in [0.25, 0.3) is 5.91 Å². The first-order valence-corrected chi connectivity index (χ1v) is 5.97. The lowest BCUT2D eigenvalue weighted by Crippen LogP contribution is -2.29. The van der Waals surface area contributed by atoms with Crippen LogP contribution in [0.4, 0.5) is 0 Å². The Bertz CT molecular complexity index is 539. The minimum absolute atomic E-state index is 0.00800. The molecule has 2 N–H and O–H groups in total. The van der Waals surface area contributed by atoms with E-state index in [1.807, 2.05) is 13.0 Å². The Balaban J connectivity index is 2.03. The van der Waals surface area contributed by atoms with Crippen LogP contribution in [0.2, 0.25) is 0 Å². The van der Waals surface area contributed by atoms with Crippen molar-refractivity contribution in [2.75, 3.05) is 13.2 Å². The average molecular weight is 261 g/mol. The molecule has 0 saturated heterocycles. The van der Waals surface area contributed by atoms with Gasteiger partial charge in [-0.3, -0.25) is 9.78 Å². The van der Waals surface area contributed by atoms with Crippen LogP contribution in [0.25, 0.3) is 11.3 Å². The molecule has 0 spiro atoms. The van der Waals surface area contributed by atoms with Crippen LogP contribution in [0, 0.1) is 5.92 Å². The molecule has 6 nitrogen and oxygen atoms in total. The zero-order chi connectivity index (χ0) is 13.7. The standard InChI is InChI=1S/C13H15N3O3/c1-9(8-17)6-15-13(18)11-5-12(19-16-11)10-3-2-4-14-7-10/h2-5,7,9,17H,6,8H2,1H3,(H,15,18). The fourth-order valence-corrected chi connectivity index (χ4v) is 1.45. The van der Waals surface area contributed by atoms with Crippen molar-refractivity contribution in [3.05, 3.63) is 36.3 Å². The van der Waals surface area contributed by atoms with Crippen molar-refractivity contribution in [3.8, 4) is 11.3 Å². The van der Waals surface area contributed by atoms with E-state index in [0.717, 1.165) is 5.56 Å². The molecule has 0 radical (unpaired) electrons. The maximum absolute atomic E-state index is 11.8. The number of amides is 1. The van der Waals surface area contributed by atoms with Crippen LogP contribution in [-0.2, 0) is 0 Å². The predicted molar refractivity (Wildman–Crippen MR) is 68.3 cm³/mol. The fraction of sp³-hybridized carbons (Fsp3) is 0.308. The summed E-state index contributed by atoms with van der Waals surface area (Å²) in [5.41, 5.74) is 0.974. The van der Waals surface area contributed by atoms with Gasteiger partial charge >= 0.3 is 0 Å². The lowest BCUT2D eigenvalue weighted by Gasteiger charge is -2.07. The number of nitrogens with one attached hydrogen (secondary N) is 1. The second-order valence-electron chi connectivity index (χ2n) is 4.32. The van der Waals surface area contributed by atoms with Gasteiger partial charge in [0.05, 0.1) is 0 Å². The van der Waals surface area contributed by atoms with E-state index in [0.29, 0.717) is 12.3 Å². The Kier molecular flexibility index (Phi) is 4.25. The van der Waals surface area contributed by atoms with Gasteiger partial charge in [-0.25, -0.2) is 0 Å². The van der Waals surface area contributed by atoms with E-state index in [1.54, 1.807) is 24.5 Å². The molecule has 2 heterocycles. The first-order chi connectivity index (χ1) is 9.20. The molecule has 2 aromatic rings. The van der Waals surface area contributed by atoms with E-state index in [4.69, 9.17) is 9.63 Å². The highest BCUT2D eigenvalue weighted by Gasteiger charge is 2.14. The van der Waals surface area contributed by atoms with Gasteiger partial charge in [-0.05, 0) is 18.1 Å². The largest absolute Gasteiger partial charge is 0.396 e. The highest BCUT2D eigenvalue weighted by molar-refractivity contribution is 5.93. The third kappa shape index (κ3) is 3.38. The van der Waals surface area contributed by atoms with Crippen LogP contribution in [-0.4, -0.2) is 34.3 Å². The summed E-state index contributed by atoms with van der Waals surface area (Å²) in [5.74, 6) is 0.182. The number of hydrogen-bond acceptors (Lipinski definition) is 5. The molecule has 0 aliphatic carbocycles. The third-order valence-corrected chi connectivity index (χ3v) is 2.61. The van der Waals surface area contributed by atoms with Crippen molar-refractivity contribution in [2.24, 2.45) is 5.92 Å². The number of aliphatic hydroxyl groups is 1. The molecule has 1 atom stereocenters. The first kappa shape index (κ1) is 13.2. The van der Waals surface area contributed by atoms with E-state index in [2.05, 4.69) is 15.5 Å². The number of carbonyl (C=O) groups excluding carboxylic acids is 1. The van der Waals surface area contributed by atoms with E-state index in [-0.39, 0.29) is 24.1 Å². The van der Waals surface area contributed by atoms with Gasteiger partial charge in [-0.15, -0.1) is 0 Å². The lowest BCUT2D eigenvalue weighted by molar-refractivity contribution is 0.0933. The molecule has 100 valence electrons. The molecule has 0 aliphatic heterocycles. The molecular weight excluding hydrogens is 246 g/mol. The molecule has 2 aromatic heterocycles. The zero-order valence-electron chi connectivity index (χ0n) is 10.5. The quantitative estimate of drug-likeness (QED) is 0.841. The lowest BCUT2D eigenvalue weighted by atomic mass is 10.2. The van der Waals surface area contributed by atoms with Crippen molar-refractivity contribution in [1.82, 2.24) is 15.5 Å². The van der Waals surface area contributed by atoms with Crippen molar-refractivity contribution in [1.29, 1.82) is 0 Å². The fourth-order valence-electron chi connectivity index (χ4n) is 1.45. The first-order valence-electron chi connectivity index (χ1n) is 5.97. The summed E-state index contributed by atoms with van der Waals surface area (Å²) in [6, 6.07) is 5.17. The van der Waals surface area contributed by atoms with Crippen molar-refractivity contribution < 1.29 is 14.4 Å². The van der Waals surface area contributed by atoms with Crippen molar-refractivity contribution in [2.45, 2.75) is 6.92 Å². The van der Waals surface area contributed by atoms with Gasteiger partial charge in [0, 0.05) is 37.2 Å². The molecule has 0 saturated carbocycles. The number of nitrogens with zero attached hydrogens (tertiary/aromatic N) is 2. The number of pyridine rings is 1. The normalized spacial score (nSPS) is 12.1. The molecule has 0 aliphatic rings. The smallest absolute Gasteiger partial charge is 0.273 e. The molecule has 19 heavy (non-hydrogen) atoms. The van der Waals surface area contributed by atoms with Gasteiger partial charge < -0.3 is 14.9 Å². The van der Waals surface area contributed by atoms with Gasteiger partial charge in [0.15, 0.2) is 11.5 Å². The molecule has 2 rings (SSSR count). The summed E-state index contributed by atoms with van der Waals surface area (Å²) in [5, 5.41) is 15.3. The molecule has 1 unspecified atom stereocenters. The molecule has 0 aromatic carbocycles. The summed E-state index contributed by atoms with van der Waals surface area (Å²) in [4.78, 5) is 15.7. The maximum atomic E-state index is 11.8. The van der Waals surface area contributed by atoms with Crippen LogP contribution in [0.15, 0.2) is 35.1 Å². The Morgan fingerprint density at radius 3 is 3.11 bits per heavy atom. The number of hydrogen-bond donors (Lipinski definition) is 2. The van der Waals surface area contributed by atoms with Gasteiger partial charge in [-0.1, -0.05) is 12.1 Å². The van der Waals surface area contributed by atoms with Crippen molar-refractivity contribution >= 4 is 5.91 Å². The molecular formula is C13H15N3O3. The van der Waals surface area contributed by atoms with Crippen LogP contribution in [0.3, 0.4) is 0 Å². The summed E-state index contributed by atoms with van der Waals surface area (Å²) in [6.45, 7) is 2.26. The van der Waals surface area contributed by atoms with Crippen molar-refractivity contribution in [3.63, 3.8) is 0 Å². The Morgan fingerprint density at radius 1 is 1.58 bits per heavy atom. The predicted octanol–water partition coefficient (Wildman–Crippen LogP) is 1.09. The van der Waals surface area contributed by atoms with E-state index < -0.39 is 0 Å². The van der Waals surface area contributed by atoms with E-state index >= 15 is 0 Å². The Hall–Kier alpha value is -2.21. The minimum atomic E-state index is -0.320. The topological polar surface area (TPSA) is 88.2 Å². The molecule has 0 bridgehead atoms. The third-order valence-electron chi connectivity index (χ3n) is 2.61. The summed E-state index contributed by atoms with van der Waals surface area (Å²) < 4.78 is 5.10. The van der Waals surface area contributed by atoms with Crippen LogP contribution < -0.4 is 5.32 Å². The Labute approximate surface area is 110 Å². The molecule has 6 heteroatoms. The summed E-state index contributed by atoms with van der Waals surface area (Å²) in [6.07, 6.45) is 3.29. The Morgan fingerprint density at radius 2 is 2.42 bits per heavy atom. The average Bonchev–Trinajstić information content (AvgIpc) is 2.95. The van der Waals surface area contributed by atoms with Gasteiger partial charge in [-0.2, -0.15) is 0 Å². The van der Waals surface area contributed by atoms with E-state index in [9.17, 15) is 4.79 Å². The highest BCUT2D eigenvalue weighted by Crippen LogP contribution is 2.18. The molecule has 0 fully saturated rings. The SMILES string of the molecule is CC(CO)CNC(=O)c1cc(-c2cccnc2)on1. The monoisotopic (exact) mass is 261 g/mol. The van der Waals surface area contributed by atoms with Crippen LogP contribution >= 0.6 is 0 Å². The minimum Gasteiger partial charge on any atom is -0.396 e. The molecule has 1 amide bonds. The number of aliphatic hydroxyl groups excluding tert-OH is 1. The van der Waals surface area contributed by atoms with E-state index in [1.165, 1.54) is 0 Å². The second kappa shape index (κ2) is 6.10.